The molecule has 4 heteroatoms. The van der Waals surface area contributed by atoms with Gasteiger partial charge in [0.05, 0.1) is 5.92 Å². The Morgan fingerprint density at radius 2 is 1.91 bits per heavy atom. The molecule has 0 saturated heterocycles. The van der Waals surface area contributed by atoms with E-state index in [1.165, 1.54) is 0 Å². The Labute approximate surface area is 63.8 Å². The summed E-state index contributed by atoms with van der Waals surface area (Å²) in [5.74, 6) is -1.26. The SMILES string of the molecule is NCC[C@H]1CC[C@@H]1C(F)(F)F. The number of hydrogen-bond donors (Lipinski definition) is 1. The quantitative estimate of drug-likeness (QED) is 0.668. The average molecular weight is 167 g/mol. The van der Waals surface area contributed by atoms with Crippen molar-refractivity contribution in [2.75, 3.05) is 6.54 Å². The second-order valence-electron chi connectivity index (χ2n) is 3.06. The molecule has 1 fully saturated rings. The Hall–Kier alpha value is -0.250. The van der Waals surface area contributed by atoms with Crippen molar-refractivity contribution in [2.45, 2.75) is 25.4 Å². The van der Waals surface area contributed by atoms with E-state index in [-0.39, 0.29) is 5.92 Å². The topological polar surface area (TPSA) is 26.0 Å². The smallest absolute Gasteiger partial charge is 0.330 e. The molecule has 1 aliphatic rings. The van der Waals surface area contributed by atoms with Crippen molar-refractivity contribution in [3.05, 3.63) is 0 Å². The Morgan fingerprint density at radius 1 is 1.27 bits per heavy atom. The van der Waals surface area contributed by atoms with E-state index >= 15 is 0 Å². The van der Waals surface area contributed by atoms with Crippen LogP contribution in [0.4, 0.5) is 13.2 Å². The molecule has 0 aliphatic heterocycles. The lowest BCUT2D eigenvalue weighted by Crippen LogP contribution is -2.39. The van der Waals surface area contributed by atoms with E-state index in [1.54, 1.807) is 0 Å². The lowest BCUT2D eigenvalue weighted by atomic mass is 9.71. The van der Waals surface area contributed by atoms with Gasteiger partial charge in [-0.15, -0.1) is 0 Å². The molecule has 0 spiro atoms. The summed E-state index contributed by atoms with van der Waals surface area (Å²) in [4.78, 5) is 0. The van der Waals surface area contributed by atoms with Gasteiger partial charge in [0.25, 0.3) is 0 Å². The van der Waals surface area contributed by atoms with E-state index in [0.29, 0.717) is 25.8 Å². The third-order valence-corrected chi connectivity index (χ3v) is 2.38. The highest BCUT2D eigenvalue weighted by atomic mass is 19.4. The fourth-order valence-electron chi connectivity index (χ4n) is 1.56. The highest BCUT2D eigenvalue weighted by Crippen LogP contribution is 2.46. The van der Waals surface area contributed by atoms with Crippen LogP contribution in [0.15, 0.2) is 0 Å². The fourth-order valence-corrected chi connectivity index (χ4v) is 1.56. The predicted molar refractivity (Wildman–Crippen MR) is 35.9 cm³/mol. The Bertz CT molecular complexity index is 132. The first-order valence-corrected chi connectivity index (χ1v) is 3.82. The zero-order valence-electron chi connectivity index (χ0n) is 6.19. The van der Waals surface area contributed by atoms with Crippen molar-refractivity contribution in [3.63, 3.8) is 0 Å². The van der Waals surface area contributed by atoms with Gasteiger partial charge in [0, 0.05) is 0 Å². The Balaban J connectivity index is 2.37. The molecule has 0 heterocycles. The molecule has 0 aromatic carbocycles. The van der Waals surface area contributed by atoms with Crippen LogP contribution in [0.2, 0.25) is 0 Å². The van der Waals surface area contributed by atoms with E-state index in [2.05, 4.69) is 0 Å². The van der Waals surface area contributed by atoms with Gasteiger partial charge in [0.1, 0.15) is 0 Å². The molecular formula is C7H12F3N. The largest absolute Gasteiger partial charge is 0.392 e. The van der Waals surface area contributed by atoms with Crippen LogP contribution in [0.25, 0.3) is 0 Å². The molecule has 11 heavy (non-hydrogen) atoms. The van der Waals surface area contributed by atoms with Gasteiger partial charge in [-0.2, -0.15) is 13.2 Å². The second kappa shape index (κ2) is 3.01. The van der Waals surface area contributed by atoms with Crippen LogP contribution in [0.3, 0.4) is 0 Å². The lowest BCUT2D eigenvalue weighted by molar-refractivity contribution is -0.213. The van der Waals surface area contributed by atoms with Crippen LogP contribution in [0.1, 0.15) is 19.3 Å². The van der Waals surface area contributed by atoms with Gasteiger partial charge in [0.15, 0.2) is 0 Å². The molecule has 2 atom stereocenters. The molecule has 0 aromatic rings. The van der Waals surface area contributed by atoms with Gasteiger partial charge < -0.3 is 5.73 Å². The second-order valence-corrected chi connectivity index (χ2v) is 3.06. The highest BCUT2D eigenvalue weighted by Gasteiger charge is 2.48. The van der Waals surface area contributed by atoms with E-state index in [1.807, 2.05) is 0 Å². The standard InChI is InChI=1S/C7H12F3N/c8-7(9,10)6-2-1-5(6)3-4-11/h5-6H,1-4,11H2/t5-,6+/m1/s1. The van der Waals surface area contributed by atoms with E-state index in [4.69, 9.17) is 5.73 Å². The summed E-state index contributed by atoms with van der Waals surface area (Å²) in [5.41, 5.74) is 5.18. The molecule has 1 aliphatic carbocycles. The molecule has 2 N–H and O–H groups in total. The third kappa shape index (κ3) is 1.86. The first kappa shape index (κ1) is 8.84. The Morgan fingerprint density at radius 3 is 2.18 bits per heavy atom. The van der Waals surface area contributed by atoms with Crippen molar-refractivity contribution in [1.82, 2.24) is 0 Å². The number of rotatable bonds is 2. The number of halogens is 3. The summed E-state index contributed by atoms with van der Waals surface area (Å²) >= 11 is 0. The highest BCUT2D eigenvalue weighted by molar-refractivity contribution is 4.85. The van der Waals surface area contributed by atoms with Gasteiger partial charge in [-0.25, -0.2) is 0 Å². The first-order chi connectivity index (χ1) is 5.05. The molecule has 0 aromatic heterocycles. The summed E-state index contributed by atoms with van der Waals surface area (Å²) < 4.78 is 36.1. The molecule has 0 radical (unpaired) electrons. The molecule has 1 nitrogen and oxygen atoms in total. The minimum Gasteiger partial charge on any atom is -0.330 e. The van der Waals surface area contributed by atoms with E-state index in [9.17, 15) is 13.2 Å². The van der Waals surface area contributed by atoms with Crippen molar-refractivity contribution in [3.8, 4) is 0 Å². The van der Waals surface area contributed by atoms with Gasteiger partial charge in [-0.1, -0.05) is 0 Å². The van der Waals surface area contributed by atoms with Crippen LogP contribution in [0.5, 0.6) is 0 Å². The molecule has 0 unspecified atom stereocenters. The van der Waals surface area contributed by atoms with Crippen molar-refractivity contribution in [2.24, 2.45) is 17.6 Å². The van der Waals surface area contributed by atoms with Crippen LogP contribution < -0.4 is 5.73 Å². The maximum atomic E-state index is 12.0. The predicted octanol–water partition coefficient (Wildman–Crippen LogP) is 1.92. The van der Waals surface area contributed by atoms with E-state index in [0.717, 1.165) is 0 Å². The van der Waals surface area contributed by atoms with Crippen LogP contribution in [0, 0.1) is 11.8 Å². The summed E-state index contributed by atoms with van der Waals surface area (Å²) in [6.07, 6.45) is -2.47. The number of hydrogen-bond acceptors (Lipinski definition) is 1. The van der Waals surface area contributed by atoms with Gasteiger partial charge in [-0.3, -0.25) is 0 Å². The fraction of sp³-hybridized carbons (Fsp3) is 1.00. The monoisotopic (exact) mass is 167 g/mol. The third-order valence-electron chi connectivity index (χ3n) is 2.38. The van der Waals surface area contributed by atoms with Gasteiger partial charge in [-0.05, 0) is 31.7 Å². The minimum atomic E-state index is -3.99. The zero-order valence-corrected chi connectivity index (χ0v) is 6.19. The van der Waals surface area contributed by atoms with Crippen LogP contribution in [-0.4, -0.2) is 12.7 Å². The van der Waals surface area contributed by atoms with Crippen LogP contribution in [-0.2, 0) is 0 Å². The molecule has 1 rings (SSSR count). The van der Waals surface area contributed by atoms with Crippen LogP contribution >= 0.6 is 0 Å². The van der Waals surface area contributed by atoms with E-state index < -0.39 is 12.1 Å². The van der Waals surface area contributed by atoms with Gasteiger partial charge in [0.2, 0.25) is 0 Å². The Kier molecular flexibility index (Phi) is 2.42. The molecule has 1 saturated carbocycles. The van der Waals surface area contributed by atoms with Crippen molar-refractivity contribution in [1.29, 1.82) is 0 Å². The van der Waals surface area contributed by atoms with Crippen molar-refractivity contribution < 1.29 is 13.2 Å². The summed E-state index contributed by atoms with van der Waals surface area (Å²) in [7, 11) is 0. The number of nitrogens with two attached hydrogens (primary N) is 1. The summed E-state index contributed by atoms with van der Waals surface area (Å²) in [6.45, 7) is 0.372. The zero-order chi connectivity index (χ0) is 8.48. The van der Waals surface area contributed by atoms with Crippen molar-refractivity contribution >= 4 is 0 Å². The maximum absolute atomic E-state index is 12.0. The summed E-state index contributed by atoms with van der Waals surface area (Å²) in [6, 6.07) is 0. The first-order valence-electron chi connectivity index (χ1n) is 3.82. The number of alkyl halides is 3. The maximum Gasteiger partial charge on any atom is 0.392 e. The average Bonchev–Trinajstić information content (AvgIpc) is 1.75. The normalized spacial score (nSPS) is 31.6. The summed E-state index contributed by atoms with van der Waals surface area (Å²) in [5, 5.41) is 0. The minimum absolute atomic E-state index is 0.194. The lowest BCUT2D eigenvalue weighted by Gasteiger charge is -2.37. The molecule has 66 valence electrons. The van der Waals surface area contributed by atoms with Gasteiger partial charge >= 0.3 is 6.18 Å². The molecule has 0 bridgehead atoms. The molecular weight excluding hydrogens is 155 g/mol. The molecule has 0 amide bonds.